The Bertz CT molecular complexity index is 1020. The van der Waals surface area contributed by atoms with Crippen molar-refractivity contribution in [2.24, 2.45) is 0 Å². The molecule has 0 radical (unpaired) electrons. The molecule has 0 spiro atoms. The number of rotatable bonds is 6. The maximum absolute atomic E-state index is 13.3. The molecule has 7 nitrogen and oxygen atoms in total. The number of benzene rings is 2. The summed E-state index contributed by atoms with van der Waals surface area (Å²) >= 11 is 1.43. The molecule has 2 atom stereocenters. The molecular formula is C22H25N5O2S. The zero-order chi connectivity index (χ0) is 21.1. The first-order chi connectivity index (χ1) is 14.6. The van der Waals surface area contributed by atoms with E-state index in [0.29, 0.717) is 11.8 Å². The van der Waals surface area contributed by atoms with Gasteiger partial charge in [0.2, 0.25) is 11.1 Å². The van der Waals surface area contributed by atoms with Gasteiger partial charge in [-0.15, -0.1) is 10.2 Å². The number of thioether (sulfide) groups is 1. The minimum Gasteiger partial charge on any atom is -0.494 e. The molecule has 0 saturated heterocycles. The summed E-state index contributed by atoms with van der Waals surface area (Å²) in [6.07, 6.45) is 0.754. The number of carbonyl (C=O) groups excluding carboxylic acids is 1. The smallest absolute Gasteiger partial charge is 0.240 e. The fourth-order valence-corrected chi connectivity index (χ4v) is 4.46. The molecule has 0 unspecified atom stereocenters. The highest BCUT2D eigenvalue weighted by Gasteiger charge is 2.37. The van der Waals surface area contributed by atoms with Crippen LogP contribution in [-0.4, -0.2) is 32.6 Å². The number of ether oxygens (including phenoxy) is 1. The van der Waals surface area contributed by atoms with Crippen LogP contribution in [0.4, 0.5) is 5.69 Å². The lowest BCUT2D eigenvalue weighted by Gasteiger charge is -2.33. The summed E-state index contributed by atoms with van der Waals surface area (Å²) in [6, 6.07) is 15.4. The Balaban J connectivity index is 1.60. The molecule has 0 saturated carbocycles. The molecule has 1 amide bonds. The van der Waals surface area contributed by atoms with Crippen LogP contribution in [0, 0.1) is 6.92 Å². The van der Waals surface area contributed by atoms with E-state index >= 15 is 0 Å². The topological polar surface area (TPSA) is 81.1 Å². The Kier molecular flexibility index (Phi) is 5.94. The Labute approximate surface area is 180 Å². The van der Waals surface area contributed by atoms with Crippen molar-refractivity contribution in [1.82, 2.24) is 14.9 Å². The van der Waals surface area contributed by atoms with Gasteiger partial charge in [-0.1, -0.05) is 48.5 Å². The Morgan fingerprint density at radius 2 is 1.87 bits per heavy atom. The number of anilines is 1. The van der Waals surface area contributed by atoms with Gasteiger partial charge in [-0.25, -0.2) is 4.68 Å². The highest BCUT2D eigenvalue weighted by Crippen LogP contribution is 2.37. The van der Waals surface area contributed by atoms with E-state index in [4.69, 9.17) is 4.74 Å². The summed E-state index contributed by atoms with van der Waals surface area (Å²) in [5.41, 5.74) is 6.42. The second-order valence-corrected chi connectivity index (χ2v) is 8.20. The Hall–Kier alpha value is -3.00. The maximum atomic E-state index is 13.3. The highest BCUT2D eigenvalue weighted by atomic mass is 32.2. The Morgan fingerprint density at radius 1 is 1.13 bits per heavy atom. The third kappa shape index (κ3) is 4.14. The number of aryl methyl sites for hydroxylation is 2. The molecule has 0 aliphatic carbocycles. The molecule has 8 heteroatoms. The number of amides is 1. The summed E-state index contributed by atoms with van der Waals surface area (Å²) in [6.45, 7) is 6.64. The predicted octanol–water partition coefficient (Wildman–Crippen LogP) is 3.95. The SMILES string of the molecule is CCOc1ccc(NC(=O)[C@H]2Sc3nnc(CC)n3N[C@@H]2c2ccc(C)cc2)cc1. The van der Waals surface area contributed by atoms with E-state index in [2.05, 4.69) is 52.1 Å². The quantitative estimate of drug-likeness (QED) is 0.625. The molecule has 30 heavy (non-hydrogen) atoms. The highest BCUT2D eigenvalue weighted by molar-refractivity contribution is 8.00. The van der Waals surface area contributed by atoms with Crippen LogP contribution in [-0.2, 0) is 11.2 Å². The van der Waals surface area contributed by atoms with Crippen LogP contribution in [0.15, 0.2) is 53.7 Å². The van der Waals surface area contributed by atoms with Gasteiger partial charge in [0.05, 0.1) is 12.6 Å². The molecule has 156 valence electrons. The van der Waals surface area contributed by atoms with Gasteiger partial charge in [0.25, 0.3) is 0 Å². The maximum Gasteiger partial charge on any atom is 0.240 e. The standard InChI is InChI=1S/C22H25N5O2S/c1-4-18-24-25-22-27(18)26-19(15-8-6-14(3)7-9-15)20(30-22)21(28)23-16-10-12-17(13-11-16)29-5-2/h6-13,19-20,26H,4-5H2,1-3H3,(H,23,28)/t19-,20+/m1/s1. The van der Waals surface area contributed by atoms with Crippen LogP contribution in [0.2, 0.25) is 0 Å². The lowest BCUT2D eigenvalue weighted by molar-refractivity contribution is -0.116. The van der Waals surface area contributed by atoms with Crippen LogP contribution >= 0.6 is 11.8 Å². The van der Waals surface area contributed by atoms with Crippen LogP contribution in [0.25, 0.3) is 0 Å². The molecule has 1 aromatic heterocycles. The molecule has 4 rings (SSSR count). The Morgan fingerprint density at radius 3 is 2.53 bits per heavy atom. The second-order valence-electron chi connectivity index (χ2n) is 7.09. The molecule has 0 bridgehead atoms. The van der Waals surface area contributed by atoms with Crippen molar-refractivity contribution in [2.75, 3.05) is 17.3 Å². The lowest BCUT2D eigenvalue weighted by Crippen LogP contribution is -2.41. The van der Waals surface area contributed by atoms with Crippen LogP contribution < -0.4 is 15.5 Å². The van der Waals surface area contributed by atoms with E-state index in [1.165, 1.54) is 17.3 Å². The third-order valence-corrected chi connectivity index (χ3v) is 6.16. The molecule has 2 heterocycles. The molecule has 1 aliphatic heterocycles. The van der Waals surface area contributed by atoms with E-state index < -0.39 is 5.25 Å². The van der Waals surface area contributed by atoms with E-state index in [9.17, 15) is 4.79 Å². The number of nitrogens with zero attached hydrogens (tertiary/aromatic N) is 3. The van der Waals surface area contributed by atoms with Gasteiger partial charge in [-0.2, -0.15) is 0 Å². The third-order valence-electron chi connectivity index (χ3n) is 4.95. The summed E-state index contributed by atoms with van der Waals surface area (Å²) in [5.74, 6) is 1.54. The van der Waals surface area contributed by atoms with Crippen molar-refractivity contribution in [3.63, 3.8) is 0 Å². The van der Waals surface area contributed by atoms with Crippen LogP contribution in [0.5, 0.6) is 5.75 Å². The zero-order valence-corrected chi connectivity index (χ0v) is 18.1. The van der Waals surface area contributed by atoms with Crippen molar-refractivity contribution >= 4 is 23.4 Å². The number of nitrogens with one attached hydrogen (secondary N) is 2. The molecular weight excluding hydrogens is 398 g/mol. The van der Waals surface area contributed by atoms with E-state index in [1.54, 1.807) is 0 Å². The largest absolute Gasteiger partial charge is 0.494 e. The van der Waals surface area contributed by atoms with Gasteiger partial charge in [-0.05, 0) is 43.7 Å². The van der Waals surface area contributed by atoms with Crippen molar-refractivity contribution in [1.29, 1.82) is 0 Å². The second kappa shape index (κ2) is 8.79. The van der Waals surface area contributed by atoms with Gasteiger partial charge in [-0.3, -0.25) is 4.79 Å². The fraction of sp³-hybridized carbons (Fsp3) is 0.318. The van der Waals surface area contributed by atoms with E-state index in [1.807, 2.05) is 42.8 Å². The molecule has 3 aromatic rings. The van der Waals surface area contributed by atoms with Gasteiger partial charge in [0.15, 0.2) is 5.82 Å². The van der Waals surface area contributed by atoms with Crippen LogP contribution in [0.3, 0.4) is 0 Å². The molecule has 2 N–H and O–H groups in total. The van der Waals surface area contributed by atoms with Gasteiger partial charge in [0.1, 0.15) is 11.0 Å². The van der Waals surface area contributed by atoms with Gasteiger partial charge < -0.3 is 15.5 Å². The predicted molar refractivity (Wildman–Crippen MR) is 119 cm³/mol. The van der Waals surface area contributed by atoms with Crippen molar-refractivity contribution in [3.8, 4) is 5.75 Å². The lowest BCUT2D eigenvalue weighted by atomic mass is 10.0. The van der Waals surface area contributed by atoms with Crippen LogP contribution in [0.1, 0.15) is 36.8 Å². The number of fused-ring (bicyclic) bond motifs is 1. The first kappa shape index (κ1) is 20.3. The average molecular weight is 424 g/mol. The fourth-order valence-electron chi connectivity index (χ4n) is 3.37. The van der Waals surface area contributed by atoms with Crippen molar-refractivity contribution in [3.05, 3.63) is 65.5 Å². The first-order valence-electron chi connectivity index (χ1n) is 10.1. The monoisotopic (exact) mass is 423 g/mol. The van der Waals surface area contributed by atoms with Crippen molar-refractivity contribution in [2.45, 2.75) is 43.6 Å². The molecule has 0 fully saturated rings. The van der Waals surface area contributed by atoms with E-state index in [-0.39, 0.29) is 11.9 Å². The number of aromatic nitrogens is 3. The minimum atomic E-state index is -0.402. The first-order valence-corrected chi connectivity index (χ1v) is 10.9. The van der Waals surface area contributed by atoms with Gasteiger partial charge in [0, 0.05) is 12.1 Å². The summed E-state index contributed by atoms with van der Waals surface area (Å²) < 4.78 is 7.37. The number of hydrogen-bond donors (Lipinski definition) is 2. The number of carbonyl (C=O) groups is 1. The number of hydrogen-bond acceptors (Lipinski definition) is 6. The van der Waals surface area contributed by atoms with Gasteiger partial charge >= 0.3 is 0 Å². The minimum absolute atomic E-state index is 0.0884. The summed E-state index contributed by atoms with van der Waals surface area (Å²) in [5, 5.41) is 11.8. The van der Waals surface area contributed by atoms with E-state index in [0.717, 1.165) is 29.2 Å². The summed E-state index contributed by atoms with van der Waals surface area (Å²) in [7, 11) is 0. The average Bonchev–Trinajstić information content (AvgIpc) is 3.17. The molecule has 2 aromatic carbocycles. The normalized spacial score (nSPS) is 17.7. The summed E-state index contributed by atoms with van der Waals surface area (Å²) in [4.78, 5) is 13.3. The molecule has 1 aliphatic rings. The zero-order valence-electron chi connectivity index (χ0n) is 17.3. The van der Waals surface area contributed by atoms with Crippen molar-refractivity contribution < 1.29 is 9.53 Å².